The zero-order valence-electron chi connectivity index (χ0n) is 15.3. The maximum atomic E-state index is 14.2. The second kappa shape index (κ2) is 6.71. The van der Waals surface area contributed by atoms with Crippen molar-refractivity contribution in [2.45, 2.75) is 24.9 Å². The lowest BCUT2D eigenvalue weighted by atomic mass is 10.2. The minimum absolute atomic E-state index is 0.259. The van der Waals surface area contributed by atoms with Crippen molar-refractivity contribution in [3.63, 3.8) is 0 Å². The van der Waals surface area contributed by atoms with E-state index in [1.54, 1.807) is 23.0 Å². The minimum atomic E-state index is -0.397. The van der Waals surface area contributed by atoms with Crippen LogP contribution in [-0.4, -0.2) is 38.0 Å². The van der Waals surface area contributed by atoms with Crippen molar-refractivity contribution in [2.75, 3.05) is 7.05 Å². The first-order valence-electron chi connectivity index (χ1n) is 9.26. The first kappa shape index (κ1) is 17.4. The number of amidine groups is 1. The maximum absolute atomic E-state index is 14.2. The quantitative estimate of drug-likeness (QED) is 0.497. The molecule has 7 heteroatoms. The molecule has 2 aliphatic rings. The van der Waals surface area contributed by atoms with Gasteiger partial charge < -0.3 is 4.90 Å². The predicted molar refractivity (Wildman–Crippen MR) is 106 cm³/mol. The smallest absolute Gasteiger partial charge is 0.158 e. The summed E-state index contributed by atoms with van der Waals surface area (Å²) >= 11 is 6.50. The van der Waals surface area contributed by atoms with E-state index in [0.29, 0.717) is 35.2 Å². The second-order valence-corrected chi connectivity index (χ2v) is 7.57. The van der Waals surface area contributed by atoms with Crippen molar-refractivity contribution < 1.29 is 4.39 Å². The van der Waals surface area contributed by atoms with Crippen LogP contribution in [-0.2, 0) is 6.54 Å². The summed E-state index contributed by atoms with van der Waals surface area (Å²) in [5.41, 5.74) is 2.47. The van der Waals surface area contributed by atoms with Crippen molar-refractivity contribution in [1.82, 2.24) is 19.7 Å². The van der Waals surface area contributed by atoms with E-state index in [1.807, 2.05) is 30.1 Å². The summed E-state index contributed by atoms with van der Waals surface area (Å²) in [5.74, 6) is 0.880. The molecule has 2 aromatic heterocycles. The third kappa shape index (κ3) is 2.98. The van der Waals surface area contributed by atoms with Crippen LogP contribution in [0.5, 0.6) is 0 Å². The summed E-state index contributed by atoms with van der Waals surface area (Å²) in [7, 11) is 1.88. The number of hydrogen-bond acceptors (Lipinski definition) is 4. The molecule has 0 N–H and O–H groups in total. The highest BCUT2D eigenvalue weighted by Gasteiger charge is 2.33. The molecule has 1 saturated carbocycles. The van der Waals surface area contributed by atoms with Gasteiger partial charge in [-0.2, -0.15) is 5.10 Å². The molecule has 0 spiro atoms. The molecular formula is C21H18ClFN5. The first-order chi connectivity index (χ1) is 13.6. The fourth-order valence-electron chi connectivity index (χ4n) is 3.41. The van der Waals surface area contributed by atoms with Crippen LogP contribution in [0.2, 0.25) is 0 Å². The largest absolute Gasteiger partial charge is 0.337 e. The molecule has 141 valence electrons. The second-order valence-electron chi connectivity index (χ2n) is 7.16. The predicted octanol–water partition coefficient (Wildman–Crippen LogP) is 3.97. The van der Waals surface area contributed by atoms with E-state index in [1.165, 1.54) is 6.07 Å². The van der Waals surface area contributed by atoms with Crippen LogP contribution in [0.1, 0.15) is 24.1 Å². The van der Waals surface area contributed by atoms with Gasteiger partial charge in [0.15, 0.2) is 11.5 Å². The Balaban J connectivity index is 1.62. The van der Waals surface area contributed by atoms with Gasteiger partial charge in [0.25, 0.3) is 0 Å². The van der Waals surface area contributed by atoms with Gasteiger partial charge in [-0.3, -0.25) is 0 Å². The Morgan fingerprint density at radius 2 is 2.04 bits per heavy atom. The molecule has 3 heterocycles. The lowest BCUT2D eigenvalue weighted by molar-refractivity contribution is 0.497. The van der Waals surface area contributed by atoms with Crippen LogP contribution >= 0.6 is 11.6 Å². The molecule has 0 amide bonds. The van der Waals surface area contributed by atoms with E-state index in [0.717, 1.165) is 23.9 Å². The summed E-state index contributed by atoms with van der Waals surface area (Å²) in [6.07, 6.45) is 7.21. The van der Waals surface area contributed by atoms with E-state index in [9.17, 15) is 4.39 Å². The van der Waals surface area contributed by atoms with Gasteiger partial charge >= 0.3 is 0 Å². The molecule has 1 aromatic carbocycles. The molecule has 0 saturated heterocycles. The van der Waals surface area contributed by atoms with Crippen molar-refractivity contribution >= 4 is 28.5 Å². The molecule has 1 aliphatic heterocycles. The number of fused-ring (bicyclic) bond motifs is 1. The zero-order valence-corrected chi connectivity index (χ0v) is 16.1. The van der Waals surface area contributed by atoms with E-state index >= 15 is 0 Å². The number of likely N-dealkylation sites (N-methyl/N-ethyl adjacent to an activating group) is 1. The van der Waals surface area contributed by atoms with Gasteiger partial charge in [0, 0.05) is 30.8 Å². The summed E-state index contributed by atoms with van der Waals surface area (Å²) in [6.45, 7) is 0.291. The van der Waals surface area contributed by atoms with Gasteiger partial charge in [-0.05, 0) is 31.0 Å². The van der Waals surface area contributed by atoms with Crippen LogP contribution in [0.4, 0.5) is 4.39 Å². The normalized spacial score (nSPS) is 19.7. The van der Waals surface area contributed by atoms with E-state index < -0.39 is 5.50 Å². The number of aromatic nitrogens is 3. The maximum Gasteiger partial charge on any atom is 0.158 e. The molecule has 1 radical (unpaired) electrons. The highest BCUT2D eigenvalue weighted by Crippen LogP contribution is 2.39. The summed E-state index contributed by atoms with van der Waals surface area (Å²) in [6, 6.07) is 10.5. The van der Waals surface area contributed by atoms with Crippen molar-refractivity contribution in [1.29, 1.82) is 0 Å². The van der Waals surface area contributed by atoms with Gasteiger partial charge in [0.1, 0.15) is 17.0 Å². The number of nitrogens with zero attached hydrogens (tertiary/aromatic N) is 5. The van der Waals surface area contributed by atoms with Crippen molar-refractivity contribution in [3.05, 3.63) is 71.4 Å². The molecule has 1 atom stereocenters. The van der Waals surface area contributed by atoms with E-state index in [4.69, 9.17) is 21.7 Å². The number of rotatable bonds is 4. The number of allylic oxidation sites excluding steroid dienone is 1. The summed E-state index contributed by atoms with van der Waals surface area (Å²) in [5, 5.41) is 5.63. The van der Waals surface area contributed by atoms with Crippen LogP contribution in [0, 0.1) is 17.8 Å². The van der Waals surface area contributed by atoms with Crippen LogP contribution < -0.4 is 0 Å². The molecule has 5 rings (SSSR count). The number of halogens is 2. The highest BCUT2D eigenvalue weighted by atomic mass is 35.5. The Bertz CT molecular complexity index is 1110. The number of hydrogen-bond donors (Lipinski definition) is 0. The average molecular weight is 395 g/mol. The monoisotopic (exact) mass is 394 g/mol. The SMILES string of the molecule is CN1C(c2nn(Cc3ccccc3F)c3ncccc23)=NC(C2CC2)=[C]C1Cl. The van der Waals surface area contributed by atoms with Gasteiger partial charge in [0.05, 0.1) is 17.6 Å². The first-order valence-corrected chi connectivity index (χ1v) is 9.70. The standard InChI is InChI=1S/C21H18ClFN5/c1-27-18(22)11-17(13-8-9-13)25-21(27)19-15-6-4-10-24-20(15)28(26-19)12-14-5-2-3-7-16(14)23/h2-7,10,13,18H,8-9,12H2,1H3. The van der Waals surface area contributed by atoms with Crippen LogP contribution in [0.3, 0.4) is 0 Å². The molecule has 1 unspecified atom stereocenters. The van der Waals surface area contributed by atoms with E-state index in [-0.39, 0.29) is 5.82 Å². The molecule has 5 nitrogen and oxygen atoms in total. The van der Waals surface area contributed by atoms with E-state index in [2.05, 4.69) is 11.1 Å². The molecule has 3 aromatic rings. The Morgan fingerprint density at radius 3 is 2.82 bits per heavy atom. The third-order valence-electron chi connectivity index (χ3n) is 5.13. The highest BCUT2D eigenvalue weighted by molar-refractivity contribution is 6.23. The van der Waals surface area contributed by atoms with Gasteiger partial charge in [-0.25, -0.2) is 19.0 Å². The summed E-state index contributed by atoms with van der Waals surface area (Å²) < 4.78 is 15.9. The number of pyridine rings is 1. The van der Waals surface area contributed by atoms with Crippen LogP contribution in [0.15, 0.2) is 53.3 Å². The fraction of sp³-hybridized carbons (Fsp3) is 0.286. The van der Waals surface area contributed by atoms with Gasteiger partial charge in [-0.1, -0.05) is 29.8 Å². The Kier molecular flexibility index (Phi) is 4.16. The van der Waals surface area contributed by atoms with Gasteiger partial charge in [0.2, 0.25) is 0 Å². The number of alkyl halides is 1. The molecule has 1 aliphatic carbocycles. The average Bonchev–Trinajstić information content (AvgIpc) is 3.49. The topological polar surface area (TPSA) is 46.3 Å². The van der Waals surface area contributed by atoms with Crippen molar-refractivity contribution in [3.8, 4) is 0 Å². The lowest BCUT2D eigenvalue weighted by Crippen LogP contribution is -2.36. The fourth-order valence-corrected chi connectivity index (χ4v) is 3.61. The number of aliphatic imine (C=N–C) groups is 1. The Hall–Kier alpha value is -2.73. The molecule has 0 bridgehead atoms. The minimum Gasteiger partial charge on any atom is -0.337 e. The van der Waals surface area contributed by atoms with Crippen LogP contribution in [0.25, 0.3) is 11.0 Å². The van der Waals surface area contributed by atoms with Gasteiger partial charge in [-0.15, -0.1) is 0 Å². The zero-order chi connectivity index (χ0) is 19.3. The lowest BCUT2D eigenvalue weighted by Gasteiger charge is -2.27. The molecular weight excluding hydrogens is 377 g/mol. The Labute approximate surface area is 167 Å². The van der Waals surface area contributed by atoms with Crippen molar-refractivity contribution in [2.24, 2.45) is 10.9 Å². The molecule has 28 heavy (non-hydrogen) atoms. The summed E-state index contributed by atoms with van der Waals surface area (Å²) in [4.78, 5) is 11.2. The Morgan fingerprint density at radius 1 is 1.21 bits per heavy atom. The number of benzene rings is 1. The third-order valence-corrected chi connectivity index (χ3v) is 5.53. The molecule has 1 fully saturated rings.